The predicted octanol–water partition coefficient (Wildman–Crippen LogP) is 3.09. The van der Waals surface area contributed by atoms with Gasteiger partial charge < -0.3 is 10.4 Å². The van der Waals surface area contributed by atoms with Gasteiger partial charge in [-0.25, -0.2) is 9.59 Å². The average Bonchev–Trinajstić information content (AvgIpc) is 2.78. The number of benzene rings is 1. The van der Waals surface area contributed by atoms with Gasteiger partial charge in [-0.2, -0.15) is 0 Å². The van der Waals surface area contributed by atoms with E-state index in [1.54, 1.807) is 18.2 Å². The standard InChI is InChI=1S/C12H10N2O3S/c15-11(16)9-6-7-10(18-9)14-12(17)13-8-4-2-1-3-5-8/h1-7H,(H,15,16)(H2,13,14,17). The Kier molecular flexibility index (Phi) is 3.59. The molecule has 2 amide bonds. The highest BCUT2D eigenvalue weighted by Crippen LogP contribution is 2.21. The first-order valence-corrected chi connectivity index (χ1v) is 5.93. The van der Waals surface area contributed by atoms with Crippen molar-refractivity contribution in [3.05, 3.63) is 47.3 Å². The van der Waals surface area contributed by atoms with Gasteiger partial charge in [0.05, 0.1) is 5.00 Å². The van der Waals surface area contributed by atoms with Crippen LogP contribution in [0.4, 0.5) is 15.5 Å². The molecule has 0 unspecified atom stereocenters. The lowest BCUT2D eigenvalue weighted by Crippen LogP contribution is -2.18. The lowest BCUT2D eigenvalue weighted by molar-refractivity contribution is 0.0702. The zero-order valence-electron chi connectivity index (χ0n) is 9.21. The molecule has 92 valence electrons. The summed E-state index contributed by atoms with van der Waals surface area (Å²) >= 11 is 1.01. The van der Waals surface area contributed by atoms with Gasteiger partial charge in [-0.1, -0.05) is 18.2 Å². The van der Waals surface area contributed by atoms with Crippen molar-refractivity contribution in [2.75, 3.05) is 10.6 Å². The molecular weight excluding hydrogens is 252 g/mol. The number of carbonyl (C=O) groups excluding carboxylic acids is 1. The number of nitrogens with one attached hydrogen (secondary N) is 2. The maximum absolute atomic E-state index is 11.6. The molecule has 0 atom stereocenters. The first-order chi connectivity index (χ1) is 8.65. The quantitative estimate of drug-likeness (QED) is 0.795. The maximum atomic E-state index is 11.6. The molecule has 0 saturated carbocycles. The summed E-state index contributed by atoms with van der Waals surface area (Å²) in [6, 6.07) is 11.6. The van der Waals surface area contributed by atoms with Crippen LogP contribution >= 0.6 is 11.3 Å². The van der Waals surface area contributed by atoms with Gasteiger partial charge in [-0.15, -0.1) is 11.3 Å². The number of carboxylic acid groups (broad SMARTS) is 1. The van der Waals surface area contributed by atoms with E-state index in [2.05, 4.69) is 10.6 Å². The summed E-state index contributed by atoms with van der Waals surface area (Å²) in [4.78, 5) is 22.5. The number of anilines is 2. The van der Waals surface area contributed by atoms with Crippen molar-refractivity contribution in [2.24, 2.45) is 0 Å². The molecule has 3 N–H and O–H groups in total. The summed E-state index contributed by atoms with van der Waals surface area (Å²) in [5.74, 6) is -1.00. The molecule has 0 aliphatic rings. The summed E-state index contributed by atoms with van der Waals surface area (Å²) in [5, 5.41) is 14.4. The molecule has 2 rings (SSSR count). The smallest absolute Gasteiger partial charge is 0.345 e. The Morgan fingerprint density at radius 3 is 2.33 bits per heavy atom. The lowest BCUT2D eigenvalue weighted by atomic mass is 10.3. The minimum atomic E-state index is -1.00. The van der Waals surface area contributed by atoms with E-state index in [1.165, 1.54) is 6.07 Å². The molecular formula is C12H10N2O3S. The molecule has 2 aromatic rings. The van der Waals surface area contributed by atoms with E-state index >= 15 is 0 Å². The number of urea groups is 1. The largest absolute Gasteiger partial charge is 0.477 e. The molecule has 1 heterocycles. The highest BCUT2D eigenvalue weighted by atomic mass is 32.1. The Labute approximate surface area is 107 Å². The Morgan fingerprint density at radius 2 is 1.72 bits per heavy atom. The Hall–Kier alpha value is -2.34. The Morgan fingerprint density at radius 1 is 1.00 bits per heavy atom. The van der Waals surface area contributed by atoms with E-state index in [0.717, 1.165) is 11.3 Å². The molecule has 0 spiro atoms. The van der Waals surface area contributed by atoms with Crippen LogP contribution in [-0.2, 0) is 0 Å². The van der Waals surface area contributed by atoms with Crippen molar-refractivity contribution in [1.82, 2.24) is 0 Å². The fourth-order valence-corrected chi connectivity index (χ4v) is 2.06. The molecule has 1 aromatic carbocycles. The number of carbonyl (C=O) groups is 2. The van der Waals surface area contributed by atoms with Crippen molar-refractivity contribution < 1.29 is 14.7 Å². The molecule has 0 aliphatic carbocycles. The molecule has 5 nitrogen and oxygen atoms in total. The van der Waals surface area contributed by atoms with Gasteiger partial charge in [-0.3, -0.25) is 5.32 Å². The minimum absolute atomic E-state index is 0.185. The number of carboxylic acids is 1. The van der Waals surface area contributed by atoms with E-state index < -0.39 is 12.0 Å². The number of hydrogen-bond acceptors (Lipinski definition) is 3. The maximum Gasteiger partial charge on any atom is 0.345 e. The van der Waals surface area contributed by atoms with Gasteiger partial charge in [0.15, 0.2) is 0 Å². The second kappa shape index (κ2) is 5.33. The van der Waals surface area contributed by atoms with Crippen LogP contribution in [0.3, 0.4) is 0 Å². The second-order valence-electron chi connectivity index (χ2n) is 3.41. The second-order valence-corrected chi connectivity index (χ2v) is 4.50. The Balaban J connectivity index is 1.97. The summed E-state index contributed by atoms with van der Waals surface area (Å²) in [6.45, 7) is 0. The van der Waals surface area contributed by atoms with Crippen LogP contribution < -0.4 is 10.6 Å². The topological polar surface area (TPSA) is 78.4 Å². The monoisotopic (exact) mass is 262 g/mol. The zero-order chi connectivity index (χ0) is 13.0. The first kappa shape index (κ1) is 12.1. The molecule has 6 heteroatoms. The highest BCUT2D eigenvalue weighted by molar-refractivity contribution is 7.18. The number of hydrogen-bond donors (Lipinski definition) is 3. The number of rotatable bonds is 3. The van der Waals surface area contributed by atoms with Crippen molar-refractivity contribution in [2.45, 2.75) is 0 Å². The number of thiophene rings is 1. The predicted molar refractivity (Wildman–Crippen MR) is 70.4 cm³/mol. The molecule has 0 radical (unpaired) electrons. The molecule has 0 aliphatic heterocycles. The molecule has 1 aromatic heterocycles. The van der Waals surface area contributed by atoms with Gasteiger partial charge in [0.2, 0.25) is 0 Å². The zero-order valence-corrected chi connectivity index (χ0v) is 10.0. The van der Waals surface area contributed by atoms with E-state index in [4.69, 9.17) is 5.11 Å². The SMILES string of the molecule is O=C(Nc1ccccc1)Nc1ccc(C(=O)O)s1. The van der Waals surface area contributed by atoms with Gasteiger partial charge >= 0.3 is 12.0 Å². The fourth-order valence-electron chi connectivity index (χ4n) is 1.32. The normalized spacial score (nSPS) is 9.78. The number of para-hydroxylation sites is 1. The molecule has 0 bridgehead atoms. The molecule has 18 heavy (non-hydrogen) atoms. The van der Waals surface area contributed by atoms with Crippen molar-refractivity contribution >= 4 is 34.0 Å². The van der Waals surface area contributed by atoms with Crippen LogP contribution in [0.2, 0.25) is 0 Å². The lowest BCUT2D eigenvalue weighted by Gasteiger charge is -2.05. The van der Waals surface area contributed by atoms with Crippen molar-refractivity contribution in [1.29, 1.82) is 0 Å². The summed E-state index contributed by atoms with van der Waals surface area (Å²) in [6.07, 6.45) is 0. The van der Waals surface area contributed by atoms with Crippen LogP contribution in [0.1, 0.15) is 9.67 Å². The first-order valence-electron chi connectivity index (χ1n) is 5.11. The van der Waals surface area contributed by atoms with E-state index in [1.807, 2.05) is 18.2 Å². The summed E-state index contributed by atoms with van der Waals surface area (Å²) in [7, 11) is 0. The molecule has 0 saturated heterocycles. The summed E-state index contributed by atoms with van der Waals surface area (Å²) in [5.41, 5.74) is 0.671. The van der Waals surface area contributed by atoms with Crippen molar-refractivity contribution in [3.63, 3.8) is 0 Å². The van der Waals surface area contributed by atoms with Crippen LogP contribution in [0.5, 0.6) is 0 Å². The average molecular weight is 262 g/mol. The fraction of sp³-hybridized carbons (Fsp3) is 0. The third kappa shape index (κ3) is 3.08. The van der Waals surface area contributed by atoms with E-state index in [9.17, 15) is 9.59 Å². The van der Waals surface area contributed by atoms with Gasteiger partial charge in [-0.05, 0) is 24.3 Å². The van der Waals surface area contributed by atoms with Crippen LogP contribution in [0.15, 0.2) is 42.5 Å². The van der Waals surface area contributed by atoms with E-state index in [-0.39, 0.29) is 4.88 Å². The third-order valence-corrected chi connectivity index (χ3v) is 3.07. The number of aromatic carboxylic acids is 1. The third-order valence-electron chi connectivity index (χ3n) is 2.09. The van der Waals surface area contributed by atoms with Gasteiger partial charge in [0.25, 0.3) is 0 Å². The van der Waals surface area contributed by atoms with Crippen LogP contribution in [0.25, 0.3) is 0 Å². The van der Waals surface area contributed by atoms with Crippen LogP contribution in [0, 0.1) is 0 Å². The van der Waals surface area contributed by atoms with Gasteiger partial charge in [0.1, 0.15) is 4.88 Å². The van der Waals surface area contributed by atoms with E-state index in [0.29, 0.717) is 10.7 Å². The van der Waals surface area contributed by atoms with Crippen molar-refractivity contribution in [3.8, 4) is 0 Å². The highest BCUT2D eigenvalue weighted by Gasteiger charge is 2.09. The minimum Gasteiger partial charge on any atom is -0.477 e. The van der Waals surface area contributed by atoms with Crippen LogP contribution in [-0.4, -0.2) is 17.1 Å². The molecule has 0 fully saturated rings. The number of amides is 2. The summed E-state index contributed by atoms with van der Waals surface area (Å²) < 4.78 is 0. The van der Waals surface area contributed by atoms with Gasteiger partial charge in [0, 0.05) is 5.69 Å². The Bertz CT molecular complexity index is 566.